The Kier molecular flexibility index (Phi) is 4.65. The quantitative estimate of drug-likeness (QED) is 0.770. The molecule has 1 aromatic rings. The molecule has 2 amide bonds. The topological polar surface area (TPSA) is 78.4 Å². The second-order valence-corrected chi connectivity index (χ2v) is 3.91. The Hall–Kier alpha value is -2.11. The van der Waals surface area contributed by atoms with Crippen molar-refractivity contribution >= 4 is 17.7 Å². The van der Waals surface area contributed by atoms with E-state index in [-0.39, 0.29) is 12.1 Å². The van der Waals surface area contributed by atoms with Crippen molar-refractivity contribution in [1.82, 2.24) is 5.32 Å². The lowest BCUT2D eigenvalue weighted by Gasteiger charge is -2.13. The summed E-state index contributed by atoms with van der Waals surface area (Å²) in [5, 5.41) is 13.4. The van der Waals surface area contributed by atoms with Crippen molar-refractivity contribution < 1.29 is 19.1 Å². The average Bonchev–Trinajstić information content (AvgIpc) is 2.23. The summed E-state index contributed by atoms with van der Waals surface area (Å²) in [6, 6.07) is 2.45. The molecule has 0 aliphatic heterocycles. The van der Waals surface area contributed by atoms with E-state index in [1.807, 2.05) is 0 Å². The molecule has 1 atom stereocenters. The number of anilines is 1. The fourth-order valence-corrected chi connectivity index (χ4v) is 1.47. The van der Waals surface area contributed by atoms with Gasteiger partial charge in [-0.3, -0.25) is 0 Å². The maximum absolute atomic E-state index is 13.1. The van der Waals surface area contributed by atoms with Crippen LogP contribution in [0.25, 0.3) is 0 Å². The standard InChI is InChI=1S/C12H15FN2O3/c1-3-10(11(16)17)15-12(18)14-9-5-7(2)4-8(13)6-9/h4-6,10H,3H2,1-2H3,(H,16,17)(H2,14,15,18)/t10-/m0/s1. The highest BCUT2D eigenvalue weighted by Crippen LogP contribution is 2.13. The second-order valence-electron chi connectivity index (χ2n) is 3.91. The van der Waals surface area contributed by atoms with Gasteiger partial charge in [0.05, 0.1) is 0 Å². The van der Waals surface area contributed by atoms with Crippen molar-refractivity contribution in [3.63, 3.8) is 0 Å². The zero-order valence-electron chi connectivity index (χ0n) is 10.2. The van der Waals surface area contributed by atoms with Gasteiger partial charge < -0.3 is 15.7 Å². The normalized spacial score (nSPS) is 11.7. The number of hydrogen-bond acceptors (Lipinski definition) is 2. The number of urea groups is 1. The Balaban J connectivity index is 2.67. The first kappa shape index (κ1) is 14.0. The van der Waals surface area contributed by atoms with Crippen LogP contribution in [-0.2, 0) is 4.79 Å². The fourth-order valence-electron chi connectivity index (χ4n) is 1.47. The van der Waals surface area contributed by atoms with Gasteiger partial charge in [0, 0.05) is 5.69 Å². The lowest BCUT2D eigenvalue weighted by atomic mass is 10.2. The average molecular weight is 254 g/mol. The van der Waals surface area contributed by atoms with E-state index in [9.17, 15) is 14.0 Å². The Bertz CT molecular complexity index is 442. The van der Waals surface area contributed by atoms with Gasteiger partial charge in [0.25, 0.3) is 0 Å². The van der Waals surface area contributed by atoms with E-state index >= 15 is 0 Å². The molecule has 0 bridgehead atoms. The highest BCUT2D eigenvalue weighted by atomic mass is 19.1. The summed E-state index contributed by atoms with van der Waals surface area (Å²) in [5.41, 5.74) is 0.945. The SMILES string of the molecule is CC[C@H](NC(=O)Nc1cc(C)cc(F)c1)C(=O)O. The first-order chi connectivity index (χ1) is 8.42. The smallest absolute Gasteiger partial charge is 0.326 e. The van der Waals surface area contributed by atoms with Crippen molar-refractivity contribution in [3.8, 4) is 0 Å². The van der Waals surface area contributed by atoms with Crippen LogP contribution >= 0.6 is 0 Å². The van der Waals surface area contributed by atoms with Crippen molar-refractivity contribution in [2.24, 2.45) is 0 Å². The summed E-state index contributed by atoms with van der Waals surface area (Å²) in [6.45, 7) is 3.34. The summed E-state index contributed by atoms with van der Waals surface area (Å²) in [6.07, 6.45) is 0.269. The fraction of sp³-hybridized carbons (Fsp3) is 0.333. The van der Waals surface area contributed by atoms with E-state index in [0.29, 0.717) is 5.56 Å². The molecule has 6 heteroatoms. The molecular formula is C12H15FN2O3. The van der Waals surface area contributed by atoms with Crippen LogP contribution in [0.2, 0.25) is 0 Å². The third kappa shape index (κ3) is 4.04. The molecule has 1 rings (SSSR count). The number of aryl methyl sites for hydroxylation is 1. The van der Waals surface area contributed by atoms with Gasteiger partial charge in [-0.05, 0) is 37.1 Å². The van der Waals surface area contributed by atoms with Crippen LogP contribution in [0.3, 0.4) is 0 Å². The third-order valence-electron chi connectivity index (χ3n) is 2.31. The van der Waals surface area contributed by atoms with Crippen LogP contribution in [-0.4, -0.2) is 23.1 Å². The molecule has 0 heterocycles. The van der Waals surface area contributed by atoms with E-state index in [0.717, 1.165) is 6.07 Å². The summed E-state index contributed by atoms with van der Waals surface area (Å²) in [5.74, 6) is -1.57. The van der Waals surface area contributed by atoms with Gasteiger partial charge in [0.1, 0.15) is 11.9 Å². The van der Waals surface area contributed by atoms with Crippen LogP contribution in [0, 0.1) is 12.7 Å². The molecule has 5 nitrogen and oxygen atoms in total. The molecule has 1 aromatic carbocycles. The van der Waals surface area contributed by atoms with Gasteiger partial charge >= 0.3 is 12.0 Å². The minimum absolute atomic E-state index is 0.269. The summed E-state index contributed by atoms with van der Waals surface area (Å²) >= 11 is 0. The number of benzene rings is 1. The predicted molar refractivity (Wildman–Crippen MR) is 65.0 cm³/mol. The van der Waals surface area contributed by atoms with Crippen LogP contribution in [0.5, 0.6) is 0 Å². The van der Waals surface area contributed by atoms with E-state index in [2.05, 4.69) is 10.6 Å². The molecule has 0 radical (unpaired) electrons. The number of aliphatic carboxylic acids is 1. The molecule has 0 aliphatic carbocycles. The molecular weight excluding hydrogens is 239 g/mol. The summed E-state index contributed by atoms with van der Waals surface area (Å²) < 4.78 is 13.1. The predicted octanol–water partition coefficient (Wildman–Crippen LogP) is 2.12. The van der Waals surface area contributed by atoms with Crippen LogP contribution in [0.4, 0.5) is 14.9 Å². The number of hydrogen-bond donors (Lipinski definition) is 3. The van der Waals surface area contributed by atoms with Crippen LogP contribution < -0.4 is 10.6 Å². The number of carbonyl (C=O) groups is 2. The molecule has 0 aromatic heterocycles. The number of amides is 2. The van der Waals surface area contributed by atoms with Gasteiger partial charge in [-0.15, -0.1) is 0 Å². The van der Waals surface area contributed by atoms with E-state index in [4.69, 9.17) is 5.11 Å². The largest absolute Gasteiger partial charge is 0.480 e. The maximum Gasteiger partial charge on any atom is 0.326 e. The van der Waals surface area contributed by atoms with Crippen molar-refractivity contribution in [2.45, 2.75) is 26.3 Å². The van der Waals surface area contributed by atoms with Gasteiger partial charge in [0.2, 0.25) is 0 Å². The van der Waals surface area contributed by atoms with Crippen molar-refractivity contribution in [3.05, 3.63) is 29.6 Å². The molecule has 0 unspecified atom stereocenters. The molecule has 0 spiro atoms. The zero-order chi connectivity index (χ0) is 13.7. The van der Waals surface area contributed by atoms with Crippen LogP contribution in [0.15, 0.2) is 18.2 Å². The van der Waals surface area contributed by atoms with E-state index < -0.39 is 23.9 Å². The number of carboxylic acid groups (broad SMARTS) is 1. The number of rotatable bonds is 4. The Labute approximate surface area is 104 Å². The Morgan fingerprint density at radius 3 is 2.56 bits per heavy atom. The Morgan fingerprint density at radius 1 is 1.39 bits per heavy atom. The lowest BCUT2D eigenvalue weighted by molar-refractivity contribution is -0.139. The molecule has 3 N–H and O–H groups in total. The highest BCUT2D eigenvalue weighted by Gasteiger charge is 2.17. The number of nitrogens with one attached hydrogen (secondary N) is 2. The van der Waals surface area contributed by atoms with Crippen LogP contribution in [0.1, 0.15) is 18.9 Å². The van der Waals surface area contributed by atoms with Gasteiger partial charge in [0.15, 0.2) is 0 Å². The molecule has 18 heavy (non-hydrogen) atoms. The van der Waals surface area contributed by atoms with Gasteiger partial charge in [-0.2, -0.15) is 0 Å². The lowest BCUT2D eigenvalue weighted by Crippen LogP contribution is -2.42. The number of carbonyl (C=O) groups excluding carboxylic acids is 1. The Morgan fingerprint density at radius 2 is 2.06 bits per heavy atom. The second kappa shape index (κ2) is 6.00. The van der Waals surface area contributed by atoms with E-state index in [1.54, 1.807) is 19.9 Å². The van der Waals surface area contributed by atoms with Crippen molar-refractivity contribution in [2.75, 3.05) is 5.32 Å². The molecule has 0 fully saturated rings. The zero-order valence-corrected chi connectivity index (χ0v) is 10.2. The molecule has 0 aliphatic rings. The maximum atomic E-state index is 13.1. The van der Waals surface area contributed by atoms with E-state index in [1.165, 1.54) is 6.07 Å². The molecule has 0 saturated heterocycles. The monoisotopic (exact) mass is 254 g/mol. The minimum Gasteiger partial charge on any atom is -0.480 e. The molecule has 98 valence electrons. The van der Waals surface area contributed by atoms with Gasteiger partial charge in [-0.25, -0.2) is 14.0 Å². The molecule has 0 saturated carbocycles. The number of halogens is 1. The third-order valence-corrected chi connectivity index (χ3v) is 2.31. The number of carboxylic acids is 1. The summed E-state index contributed by atoms with van der Waals surface area (Å²) in [4.78, 5) is 22.2. The first-order valence-electron chi connectivity index (χ1n) is 5.50. The highest BCUT2D eigenvalue weighted by molar-refractivity contribution is 5.92. The minimum atomic E-state index is -1.11. The first-order valence-corrected chi connectivity index (χ1v) is 5.50. The van der Waals surface area contributed by atoms with Gasteiger partial charge in [-0.1, -0.05) is 6.92 Å². The van der Waals surface area contributed by atoms with Crippen molar-refractivity contribution in [1.29, 1.82) is 0 Å². The summed E-state index contributed by atoms with van der Waals surface area (Å²) in [7, 11) is 0.